The lowest BCUT2D eigenvalue weighted by molar-refractivity contribution is -0.125. The largest absolute Gasteiger partial charge is 0.396 e. The van der Waals surface area contributed by atoms with Crippen LogP contribution in [0, 0.1) is 13.8 Å². The van der Waals surface area contributed by atoms with Crippen molar-refractivity contribution in [3.8, 4) is 0 Å². The summed E-state index contributed by atoms with van der Waals surface area (Å²) in [5.41, 5.74) is 3.39. The van der Waals surface area contributed by atoms with Crippen molar-refractivity contribution in [3.05, 3.63) is 29.3 Å². The fourth-order valence-corrected chi connectivity index (χ4v) is 2.51. The summed E-state index contributed by atoms with van der Waals surface area (Å²) >= 11 is 0. The Hall–Kier alpha value is -1.39. The van der Waals surface area contributed by atoms with Crippen LogP contribution in [0.4, 0.5) is 5.69 Å². The molecule has 1 saturated heterocycles. The molecule has 1 aromatic carbocycles. The maximum Gasteiger partial charge on any atom is 0.244 e. The van der Waals surface area contributed by atoms with E-state index in [-0.39, 0.29) is 18.6 Å². The van der Waals surface area contributed by atoms with E-state index in [1.165, 1.54) is 11.1 Å². The number of aliphatic hydroxyl groups excluding tert-OH is 1. The number of rotatable bonds is 3. The molecule has 1 aromatic rings. The Morgan fingerprint density at radius 2 is 2.00 bits per heavy atom. The highest BCUT2D eigenvalue weighted by Gasteiger charge is 2.32. The van der Waals surface area contributed by atoms with E-state index in [1.807, 2.05) is 22.9 Å². The third-order valence-corrected chi connectivity index (χ3v) is 3.96. The fourth-order valence-electron chi connectivity index (χ4n) is 2.51. The SMILES string of the molecule is Cc1ccc(N2CCN(C)C(CCO)C2=O)cc1C. The van der Waals surface area contributed by atoms with E-state index in [1.54, 1.807) is 0 Å². The third kappa shape index (κ3) is 2.80. The molecular formula is C15H22N2O2. The molecule has 104 valence electrons. The molecule has 1 unspecified atom stereocenters. The molecule has 1 fully saturated rings. The summed E-state index contributed by atoms with van der Waals surface area (Å²) in [6.07, 6.45) is 0.497. The van der Waals surface area contributed by atoms with Crippen LogP contribution in [-0.2, 0) is 4.79 Å². The Labute approximate surface area is 114 Å². The first-order valence-electron chi connectivity index (χ1n) is 6.74. The normalized spacial score (nSPS) is 20.9. The smallest absolute Gasteiger partial charge is 0.244 e. The summed E-state index contributed by atoms with van der Waals surface area (Å²) in [6.45, 7) is 5.72. The third-order valence-electron chi connectivity index (χ3n) is 3.96. The molecule has 0 spiro atoms. The van der Waals surface area contributed by atoms with Crippen molar-refractivity contribution < 1.29 is 9.90 Å². The van der Waals surface area contributed by atoms with Gasteiger partial charge in [-0.25, -0.2) is 0 Å². The zero-order valence-electron chi connectivity index (χ0n) is 11.9. The summed E-state index contributed by atoms with van der Waals surface area (Å²) in [4.78, 5) is 16.4. The van der Waals surface area contributed by atoms with Crippen LogP contribution in [0.15, 0.2) is 18.2 Å². The van der Waals surface area contributed by atoms with E-state index < -0.39 is 0 Å². The van der Waals surface area contributed by atoms with Crippen LogP contribution in [-0.4, -0.2) is 48.7 Å². The van der Waals surface area contributed by atoms with Gasteiger partial charge in [0.15, 0.2) is 0 Å². The van der Waals surface area contributed by atoms with Gasteiger partial charge in [0.2, 0.25) is 5.91 Å². The highest BCUT2D eigenvalue weighted by Crippen LogP contribution is 2.23. The van der Waals surface area contributed by atoms with Crippen molar-refractivity contribution >= 4 is 11.6 Å². The van der Waals surface area contributed by atoms with Gasteiger partial charge in [-0.05, 0) is 50.6 Å². The average Bonchev–Trinajstić information content (AvgIpc) is 2.38. The zero-order valence-corrected chi connectivity index (χ0v) is 11.9. The lowest BCUT2D eigenvalue weighted by Crippen LogP contribution is -2.56. The molecule has 0 aromatic heterocycles. The number of likely N-dealkylation sites (N-methyl/N-ethyl adjacent to an activating group) is 1. The van der Waals surface area contributed by atoms with Gasteiger partial charge in [0.1, 0.15) is 0 Å². The molecule has 19 heavy (non-hydrogen) atoms. The summed E-state index contributed by atoms with van der Waals surface area (Å²) in [6, 6.07) is 5.91. The molecule has 1 amide bonds. The van der Waals surface area contributed by atoms with Crippen molar-refractivity contribution in [1.82, 2.24) is 4.90 Å². The molecule has 1 atom stereocenters. The van der Waals surface area contributed by atoms with Crippen molar-refractivity contribution in [2.45, 2.75) is 26.3 Å². The Bertz CT molecular complexity index is 473. The van der Waals surface area contributed by atoms with E-state index >= 15 is 0 Å². The molecule has 1 N–H and O–H groups in total. The predicted molar refractivity (Wildman–Crippen MR) is 76.4 cm³/mol. The number of aliphatic hydroxyl groups is 1. The second-order valence-corrected chi connectivity index (χ2v) is 5.27. The summed E-state index contributed by atoms with van der Waals surface area (Å²) in [5, 5.41) is 9.09. The molecule has 4 nitrogen and oxygen atoms in total. The quantitative estimate of drug-likeness (QED) is 0.894. The van der Waals surface area contributed by atoms with Gasteiger partial charge >= 0.3 is 0 Å². The molecule has 0 saturated carbocycles. The van der Waals surface area contributed by atoms with Crippen molar-refractivity contribution in [3.63, 3.8) is 0 Å². The molecular weight excluding hydrogens is 240 g/mol. The summed E-state index contributed by atoms with van der Waals surface area (Å²) < 4.78 is 0. The van der Waals surface area contributed by atoms with Gasteiger partial charge in [-0.3, -0.25) is 9.69 Å². The minimum atomic E-state index is -0.208. The van der Waals surface area contributed by atoms with E-state index in [4.69, 9.17) is 5.11 Å². The Balaban J connectivity index is 2.24. The molecule has 1 heterocycles. The maximum absolute atomic E-state index is 12.5. The minimum Gasteiger partial charge on any atom is -0.396 e. The first kappa shape index (κ1) is 14.0. The lowest BCUT2D eigenvalue weighted by atomic mass is 10.1. The highest BCUT2D eigenvalue weighted by molar-refractivity contribution is 5.98. The topological polar surface area (TPSA) is 43.8 Å². The number of benzene rings is 1. The zero-order chi connectivity index (χ0) is 14.0. The number of hydrogen-bond donors (Lipinski definition) is 1. The molecule has 4 heteroatoms. The van der Waals surface area contributed by atoms with Crippen LogP contribution in [0.2, 0.25) is 0 Å². The maximum atomic E-state index is 12.5. The Morgan fingerprint density at radius 1 is 1.26 bits per heavy atom. The number of amides is 1. The van der Waals surface area contributed by atoms with E-state index in [2.05, 4.69) is 26.0 Å². The monoisotopic (exact) mass is 262 g/mol. The number of anilines is 1. The molecule has 0 bridgehead atoms. The number of piperazine rings is 1. The summed E-state index contributed by atoms with van der Waals surface area (Å²) in [7, 11) is 1.94. The summed E-state index contributed by atoms with van der Waals surface area (Å²) in [5.74, 6) is 0.0889. The lowest BCUT2D eigenvalue weighted by Gasteiger charge is -2.38. The first-order chi connectivity index (χ1) is 9.04. The van der Waals surface area contributed by atoms with Crippen LogP contribution >= 0.6 is 0 Å². The fraction of sp³-hybridized carbons (Fsp3) is 0.533. The van der Waals surface area contributed by atoms with Gasteiger partial charge in [-0.15, -0.1) is 0 Å². The first-order valence-corrected chi connectivity index (χ1v) is 6.74. The second kappa shape index (κ2) is 5.72. The van der Waals surface area contributed by atoms with Crippen molar-refractivity contribution in [2.24, 2.45) is 0 Å². The Kier molecular flexibility index (Phi) is 4.22. The molecule has 1 aliphatic heterocycles. The van der Waals surface area contributed by atoms with Gasteiger partial charge in [-0.2, -0.15) is 0 Å². The van der Waals surface area contributed by atoms with Crippen LogP contribution in [0.25, 0.3) is 0 Å². The van der Waals surface area contributed by atoms with Gasteiger partial charge in [-0.1, -0.05) is 6.07 Å². The number of nitrogens with zero attached hydrogens (tertiary/aromatic N) is 2. The predicted octanol–water partition coefficient (Wildman–Crippen LogP) is 1.33. The standard InChI is InChI=1S/C15H22N2O2/c1-11-4-5-13(10-12(11)2)17-8-7-16(3)14(6-9-18)15(17)19/h4-5,10,14,18H,6-9H2,1-3H3. The van der Waals surface area contributed by atoms with Crippen LogP contribution in [0.3, 0.4) is 0 Å². The van der Waals surface area contributed by atoms with Crippen LogP contribution in [0.5, 0.6) is 0 Å². The van der Waals surface area contributed by atoms with Crippen molar-refractivity contribution in [1.29, 1.82) is 0 Å². The number of aryl methyl sites for hydroxylation is 2. The molecule has 0 radical (unpaired) electrons. The average molecular weight is 262 g/mol. The van der Waals surface area contributed by atoms with Gasteiger partial charge in [0, 0.05) is 25.4 Å². The van der Waals surface area contributed by atoms with E-state index in [0.717, 1.165) is 12.2 Å². The number of carbonyl (C=O) groups excluding carboxylic acids is 1. The number of hydrogen-bond acceptors (Lipinski definition) is 3. The minimum absolute atomic E-state index is 0.0432. The molecule has 2 rings (SSSR count). The van der Waals surface area contributed by atoms with Gasteiger partial charge < -0.3 is 10.0 Å². The molecule has 1 aliphatic rings. The highest BCUT2D eigenvalue weighted by atomic mass is 16.3. The Morgan fingerprint density at radius 3 is 2.63 bits per heavy atom. The van der Waals surface area contributed by atoms with Crippen LogP contribution in [0.1, 0.15) is 17.5 Å². The van der Waals surface area contributed by atoms with E-state index in [0.29, 0.717) is 13.0 Å². The second-order valence-electron chi connectivity index (χ2n) is 5.27. The number of carbonyl (C=O) groups is 1. The van der Waals surface area contributed by atoms with E-state index in [9.17, 15) is 4.79 Å². The molecule has 0 aliphatic carbocycles. The van der Waals surface area contributed by atoms with Gasteiger partial charge in [0.05, 0.1) is 6.04 Å². The van der Waals surface area contributed by atoms with Crippen molar-refractivity contribution in [2.75, 3.05) is 31.6 Å². The van der Waals surface area contributed by atoms with Crippen LogP contribution < -0.4 is 4.90 Å². The van der Waals surface area contributed by atoms with Gasteiger partial charge in [0.25, 0.3) is 0 Å².